The SMILES string of the molecule is CCSC1CCCC1NC(=O)NC1(C(=O)O)CCCCC1. The second kappa shape index (κ2) is 7.38. The maximum Gasteiger partial charge on any atom is 0.329 e. The van der Waals surface area contributed by atoms with E-state index in [1.165, 1.54) is 0 Å². The van der Waals surface area contributed by atoms with Crippen molar-refractivity contribution in [3.63, 3.8) is 0 Å². The van der Waals surface area contributed by atoms with E-state index >= 15 is 0 Å². The third kappa shape index (κ3) is 4.05. The minimum atomic E-state index is -1.06. The summed E-state index contributed by atoms with van der Waals surface area (Å²) in [6, 6.07) is -0.141. The number of thioether (sulfide) groups is 1. The summed E-state index contributed by atoms with van der Waals surface area (Å²) in [5.41, 5.74) is -1.06. The van der Waals surface area contributed by atoms with Crippen LogP contribution in [0.15, 0.2) is 0 Å². The number of carboxylic acid groups (broad SMARTS) is 1. The standard InChI is InChI=1S/C15H26N2O3S/c1-2-21-12-8-6-7-11(12)16-14(20)17-15(13(18)19)9-4-3-5-10-15/h11-12H,2-10H2,1H3,(H,18,19)(H2,16,17,20). The van der Waals surface area contributed by atoms with Gasteiger partial charge in [0, 0.05) is 11.3 Å². The molecule has 3 N–H and O–H groups in total. The fourth-order valence-corrected chi connectivity index (χ4v) is 4.67. The molecule has 120 valence electrons. The topological polar surface area (TPSA) is 78.4 Å². The number of aliphatic carboxylic acids is 1. The lowest BCUT2D eigenvalue weighted by Gasteiger charge is -2.34. The summed E-state index contributed by atoms with van der Waals surface area (Å²) in [7, 11) is 0. The number of carbonyl (C=O) groups excluding carboxylic acids is 1. The van der Waals surface area contributed by atoms with Gasteiger partial charge < -0.3 is 15.7 Å². The van der Waals surface area contributed by atoms with E-state index in [9.17, 15) is 14.7 Å². The van der Waals surface area contributed by atoms with Gasteiger partial charge in [0.15, 0.2) is 0 Å². The smallest absolute Gasteiger partial charge is 0.329 e. The van der Waals surface area contributed by atoms with Gasteiger partial charge in [-0.15, -0.1) is 0 Å². The van der Waals surface area contributed by atoms with Crippen molar-refractivity contribution >= 4 is 23.8 Å². The normalized spacial score (nSPS) is 28.0. The first-order valence-corrected chi connectivity index (χ1v) is 9.06. The number of rotatable bonds is 5. The molecule has 2 atom stereocenters. The van der Waals surface area contributed by atoms with Crippen molar-refractivity contribution in [2.45, 2.75) is 75.1 Å². The van der Waals surface area contributed by atoms with Gasteiger partial charge in [-0.1, -0.05) is 32.6 Å². The first-order valence-electron chi connectivity index (χ1n) is 8.01. The number of hydrogen-bond donors (Lipinski definition) is 3. The van der Waals surface area contributed by atoms with Crippen molar-refractivity contribution < 1.29 is 14.7 Å². The van der Waals surface area contributed by atoms with Gasteiger partial charge in [0.1, 0.15) is 5.54 Å². The van der Waals surface area contributed by atoms with Gasteiger partial charge in [-0.2, -0.15) is 11.8 Å². The van der Waals surface area contributed by atoms with Crippen molar-refractivity contribution in [1.29, 1.82) is 0 Å². The molecular formula is C15H26N2O3S. The van der Waals surface area contributed by atoms with Crippen LogP contribution in [0.4, 0.5) is 4.79 Å². The predicted octanol–water partition coefficient (Wildman–Crippen LogP) is 2.75. The van der Waals surface area contributed by atoms with Crippen LogP contribution in [-0.2, 0) is 4.79 Å². The molecule has 5 nitrogen and oxygen atoms in total. The van der Waals surface area contributed by atoms with Crippen LogP contribution < -0.4 is 10.6 Å². The van der Waals surface area contributed by atoms with Crippen molar-refractivity contribution in [2.24, 2.45) is 0 Å². The van der Waals surface area contributed by atoms with Crippen molar-refractivity contribution in [2.75, 3.05) is 5.75 Å². The molecule has 6 heteroatoms. The molecule has 0 aromatic rings. The molecule has 0 aromatic carbocycles. The van der Waals surface area contributed by atoms with E-state index in [0.717, 1.165) is 44.3 Å². The lowest BCUT2D eigenvalue weighted by Crippen LogP contribution is -2.59. The Bertz CT molecular complexity index is 383. The monoisotopic (exact) mass is 314 g/mol. The Hall–Kier alpha value is -0.910. The number of nitrogens with one attached hydrogen (secondary N) is 2. The molecule has 0 heterocycles. The number of carbonyl (C=O) groups is 2. The van der Waals surface area contributed by atoms with E-state index in [0.29, 0.717) is 18.1 Å². The van der Waals surface area contributed by atoms with E-state index in [1.54, 1.807) is 0 Å². The van der Waals surface area contributed by atoms with E-state index in [-0.39, 0.29) is 12.1 Å². The Labute approximate surface area is 130 Å². The highest BCUT2D eigenvalue weighted by molar-refractivity contribution is 7.99. The minimum Gasteiger partial charge on any atom is -0.480 e. The van der Waals surface area contributed by atoms with Crippen LogP contribution in [0.3, 0.4) is 0 Å². The van der Waals surface area contributed by atoms with Crippen LogP contribution >= 0.6 is 11.8 Å². The second-order valence-corrected chi connectivity index (χ2v) is 7.59. The second-order valence-electron chi connectivity index (χ2n) is 6.08. The molecule has 0 aliphatic heterocycles. The number of urea groups is 1. The predicted molar refractivity (Wildman–Crippen MR) is 84.7 cm³/mol. The summed E-state index contributed by atoms with van der Waals surface area (Å²) >= 11 is 1.88. The summed E-state index contributed by atoms with van der Waals surface area (Å²) in [5, 5.41) is 15.7. The fourth-order valence-electron chi connectivity index (χ4n) is 3.47. The molecule has 2 saturated carbocycles. The average Bonchev–Trinajstić information content (AvgIpc) is 2.87. The average molecular weight is 314 g/mol. The quantitative estimate of drug-likeness (QED) is 0.729. The van der Waals surface area contributed by atoms with Gasteiger partial charge in [-0.25, -0.2) is 9.59 Å². The first kappa shape index (κ1) is 16.5. The van der Waals surface area contributed by atoms with E-state index in [4.69, 9.17) is 0 Å². The van der Waals surface area contributed by atoms with Crippen molar-refractivity contribution in [3.05, 3.63) is 0 Å². The van der Waals surface area contributed by atoms with Gasteiger partial charge in [0.05, 0.1) is 0 Å². The van der Waals surface area contributed by atoms with Gasteiger partial charge >= 0.3 is 12.0 Å². The zero-order valence-corrected chi connectivity index (χ0v) is 13.5. The highest BCUT2D eigenvalue weighted by Crippen LogP contribution is 2.31. The molecule has 0 spiro atoms. The van der Waals surface area contributed by atoms with Crippen LogP contribution in [0.2, 0.25) is 0 Å². The molecule has 0 radical (unpaired) electrons. The largest absolute Gasteiger partial charge is 0.480 e. The molecule has 2 aliphatic carbocycles. The fraction of sp³-hybridized carbons (Fsp3) is 0.867. The van der Waals surface area contributed by atoms with Crippen molar-refractivity contribution in [1.82, 2.24) is 10.6 Å². The molecule has 21 heavy (non-hydrogen) atoms. The summed E-state index contributed by atoms with van der Waals surface area (Å²) < 4.78 is 0. The third-order valence-corrected chi connectivity index (χ3v) is 5.94. The Morgan fingerprint density at radius 2 is 1.90 bits per heavy atom. The lowest BCUT2D eigenvalue weighted by molar-refractivity contribution is -0.145. The molecule has 2 unspecified atom stereocenters. The Kier molecular flexibility index (Phi) is 5.79. The van der Waals surface area contributed by atoms with Crippen LogP contribution in [0.5, 0.6) is 0 Å². The minimum absolute atomic E-state index is 0.171. The first-order chi connectivity index (χ1) is 10.1. The van der Waals surface area contributed by atoms with E-state index < -0.39 is 11.5 Å². The molecule has 2 fully saturated rings. The molecule has 0 aromatic heterocycles. The zero-order chi connectivity index (χ0) is 15.3. The van der Waals surface area contributed by atoms with Crippen LogP contribution in [-0.4, -0.2) is 39.7 Å². The summed E-state index contributed by atoms with van der Waals surface area (Å²) in [5.74, 6) is 0.145. The molecule has 2 rings (SSSR count). The van der Waals surface area contributed by atoms with Gasteiger partial charge in [0.25, 0.3) is 0 Å². The Morgan fingerprint density at radius 1 is 1.19 bits per heavy atom. The van der Waals surface area contributed by atoms with Gasteiger partial charge in [-0.05, 0) is 31.4 Å². The number of hydrogen-bond acceptors (Lipinski definition) is 3. The number of carboxylic acids is 1. The van der Waals surface area contributed by atoms with Crippen LogP contribution in [0, 0.1) is 0 Å². The third-order valence-electron chi connectivity index (χ3n) is 4.62. The summed E-state index contributed by atoms with van der Waals surface area (Å²) in [6.45, 7) is 2.13. The molecule has 0 saturated heterocycles. The maximum absolute atomic E-state index is 12.2. The molecular weight excluding hydrogens is 288 g/mol. The van der Waals surface area contributed by atoms with Crippen LogP contribution in [0.1, 0.15) is 58.3 Å². The van der Waals surface area contributed by atoms with Crippen molar-refractivity contribution in [3.8, 4) is 0 Å². The lowest BCUT2D eigenvalue weighted by atomic mass is 9.82. The van der Waals surface area contributed by atoms with E-state index in [2.05, 4.69) is 17.6 Å². The highest BCUT2D eigenvalue weighted by atomic mass is 32.2. The molecule has 2 amide bonds. The maximum atomic E-state index is 12.2. The van der Waals surface area contributed by atoms with E-state index in [1.807, 2.05) is 11.8 Å². The Morgan fingerprint density at radius 3 is 2.52 bits per heavy atom. The van der Waals surface area contributed by atoms with Crippen LogP contribution in [0.25, 0.3) is 0 Å². The highest BCUT2D eigenvalue weighted by Gasteiger charge is 2.41. The Balaban J connectivity index is 1.92. The zero-order valence-electron chi connectivity index (χ0n) is 12.7. The molecule has 2 aliphatic rings. The summed E-state index contributed by atoms with van der Waals surface area (Å²) in [6.07, 6.45) is 7.11. The summed E-state index contributed by atoms with van der Waals surface area (Å²) in [4.78, 5) is 23.8. The molecule has 0 bridgehead atoms. The van der Waals surface area contributed by atoms with Gasteiger partial charge in [-0.3, -0.25) is 0 Å². The van der Waals surface area contributed by atoms with Gasteiger partial charge in [0.2, 0.25) is 0 Å². The number of amides is 2.